The highest BCUT2D eigenvalue weighted by molar-refractivity contribution is 5.87. The molecule has 0 saturated carbocycles. The fourth-order valence-electron chi connectivity index (χ4n) is 6.13. The van der Waals surface area contributed by atoms with Crippen LogP contribution in [0.2, 0.25) is 0 Å². The SMILES string of the molecule is C=C(C)C(=O)OC(CCCCCCCCCCCCCCCCC)CCCCCCCCCCCCCCCC(C)C. The van der Waals surface area contributed by atoms with E-state index in [9.17, 15) is 4.79 Å². The molecule has 0 aromatic carbocycles. The Morgan fingerprint density at radius 1 is 0.476 bits per heavy atom. The summed E-state index contributed by atoms with van der Waals surface area (Å²) < 4.78 is 5.82. The number of ether oxygens (including phenoxy) is 1. The van der Waals surface area contributed by atoms with Crippen molar-refractivity contribution < 1.29 is 9.53 Å². The van der Waals surface area contributed by atoms with E-state index in [2.05, 4.69) is 27.4 Å². The van der Waals surface area contributed by atoms with Crippen LogP contribution in [0.15, 0.2) is 12.2 Å². The summed E-state index contributed by atoms with van der Waals surface area (Å²) in [5.74, 6) is 0.672. The summed E-state index contributed by atoms with van der Waals surface area (Å²) in [6.45, 7) is 12.5. The van der Waals surface area contributed by atoms with Gasteiger partial charge in [-0.1, -0.05) is 201 Å². The van der Waals surface area contributed by atoms with Crippen molar-refractivity contribution in [2.45, 2.75) is 233 Å². The molecule has 0 N–H and O–H groups in total. The normalized spacial score (nSPS) is 12.2. The van der Waals surface area contributed by atoms with Crippen LogP contribution in [-0.4, -0.2) is 12.1 Å². The Morgan fingerprint density at radius 3 is 1.00 bits per heavy atom. The maximum atomic E-state index is 12.2. The van der Waals surface area contributed by atoms with Gasteiger partial charge in [-0.15, -0.1) is 0 Å². The summed E-state index contributed by atoms with van der Waals surface area (Å²) in [6.07, 6.45) is 42.3. The van der Waals surface area contributed by atoms with Gasteiger partial charge in [-0.05, 0) is 38.5 Å². The lowest BCUT2D eigenvalue weighted by Gasteiger charge is -2.18. The maximum Gasteiger partial charge on any atom is 0.333 e. The van der Waals surface area contributed by atoms with E-state index in [0.29, 0.717) is 5.57 Å². The predicted octanol–water partition coefficient (Wildman–Crippen LogP) is 14.2. The first-order chi connectivity index (χ1) is 20.5. The van der Waals surface area contributed by atoms with Crippen molar-refractivity contribution in [2.75, 3.05) is 0 Å². The highest BCUT2D eigenvalue weighted by Gasteiger charge is 2.14. The summed E-state index contributed by atoms with van der Waals surface area (Å²) in [4.78, 5) is 12.2. The van der Waals surface area contributed by atoms with Gasteiger partial charge in [0.1, 0.15) is 6.10 Å². The molecule has 250 valence electrons. The number of carbonyl (C=O) groups excluding carboxylic acids is 1. The van der Waals surface area contributed by atoms with Gasteiger partial charge in [-0.3, -0.25) is 0 Å². The van der Waals surface area contributed by atoms with Gasteiger partial charge in [0.2, 0.25) is 0 Å². The first kappa shape index (κ1) is 41.2. The zero-order valence-corrected chi connectivity index (χ0v) is 29.6. The summed E-state index contributed by atoms with van der Waals surface area (Å²) in [6, 6.07) is 0. The molecule has 0 aromatic rings. The molecular weight excluding hydrogens is 512 g/mol. The number of esters is 1. The molecule has 0 aromatic heterocycles. The van der Waals surface area contributed by atoms with Crippen LogP contribution in [0, 0.1) is 5.92 Å². The molecule has 2 nitrogen and oxygen atoms in total. The number of hydrogen-bond acceptors (Lipinski definition) is 2. The van der Waals surface area contributed by atoms with Crippen molar-refractivity contribution in [3.8, 4) is 0 Å². The zero-order chi connectivity index (χ0) is 30.9. The second-order valence-electron chi connectivity index (χ2n) is 14.1. The minimum atomic E-state index is -0.198. The summed E-state index contributed by atoms with van der Waals surface area (Å²) in [5, 5.41) is 0. The van der Waals surface area contributed by atoms with E-state index in [4.69, 9.17) is 4.74 Å². The first-order valence-electron chi connectivity index (χ1n) is 19.3. The monoisotopic (exact) mass is 591 g/mol. The maximum absolute atomic E-state index is 12.2. The predicted molar refractivity (Wildman–Crippen MR) is 188 cm³/mol. The van der Waals surface area contributed by atoms with Gasteiger partial charge in [0.15, 0.2) is 0 Å². The van der Waals surface area contributed by atoms with Crippen LogP contribution in [0.3, 0.4) is 0 Å². The Kier molecular flexibility index (Phi) is 32.5. The molecule has 0 aliphatic heterocycles. The Bertz CT molecular complexity index is 566. The van der Waals surface area contributed by atoms with E-state index in [0.717, 1.165) is 18.8 Å². The Morgan fingerprint density at radius 2 is 0.738 bits per heavy atom. The van der Waals surface area contributed by atoms with Crippen LogP contribution in [-0.2, 0) is 9.53 Å². The fourth-order valence-corrected chi connectivity index (χ4v) is 6.13. The fraction of sp³-hybridized carbons (Fsp3) is 0.925. The van der Waals surface area contributed by atoms with E-state index in [-0.39, 0.29) is 12.1 Å². The summed E-state index contributed by atoms with van der Waals surface area (Å²) >= 11 is 0. The highest BCUT2D eigenvalue weighted by Crippen LogP contribution is 2.19. The van der Waals surface area contributed by atoms with Crippen molar-refractivity contribution in [1.82, 2.24) is 0 Å². The third kappa shape index (κ3) is 32.1. The Balaban J connectivity index is 3.68. The van der Waals surface area contributed by atoms with Gasteiger partial charge < -0.3 is 4.74 Å². The molecule has 0 rings (SSSR count). The lowest BCUT2D eigenvalue weighted by Crippen LogP contribution is -2.18. The van der Waals surface area contributed by atoms with Gasteiger partial charge >= 0.3 is 5.97 Å². The van der Waals surface area contributed by atoms with Crippen LogP contribution in [0.4, 0.5) is 0 Å². The number of rotatable bonds is 34. The van der Waals surface area contributed by atoms with E-state index < -0.39 is 0 Å². The van der Waals surface area contributed by atoms with Crippen LogP contribution in [0.5, 0.6) is 0 Å². The molecule has 0 bridgehead atoms. The van der Waals surface area contributed by atoms with E-state index in [1.165, 1.54) is 186 Å². The Hall–Kier alpha value is -0.790. The average molecular weight is 591 g/mol. The molecule has 0 saturated heterocycles. The van der Waals surface area contributed by atoms with Gasteiger partial charge in [-0.2, -0.15) is 0 Å². The molecule has 0 amide bonds. The molecule has 1 atom stereocenters. The molecule has 2 heteroatoms. The largest absolute Gasteiger partial charge is 0.459 e. The summed E-state index contributed by atoms with van der Waals surface area (Å²) in [5.41, 5.74) is 0.530. The minimum Gasteiger partial charge on any atom is -0.459 e. The second kappa shape index (κ2) is 33.1. The minimum absolute atomic E-state index is 0.0848. The topological polar surface area (TPSA) is 26.3 Å². The third-order valence-electron chi connectivity index (χ3n) is 9.06. The lowest BCUT2D eigenvalue weighted by molar-refractivity contribution is -0.145. The standard InChI is InChI=1S/C40H78O2/c1-6-7-8-9-10-11-12-13-14-17-20-23-26-29-32-35-39(42-40(41)38(4)5)36-33-30-27-24-21-18-15-16-19-22-25-28-31-34-37(2)3/h37,39H,4,6-36H2,1-3,5H3. The van der Waals surface area contributed by atoms with Gasteiger partial charge in [-0.25, -0.2) is 4.79 Å². The van der Waals surface area contributed by atoms with Crippen molar-refractivity contribution in [1.29, 1.82) is 0 Å². The molecule has 42 heavy (non-hydrogen) atoms. The first-order valence-corrected chi connectivity index (χ1v) is 19.3. The van der Waals surface area contributed by atoms with Crippen LogP contribution >= 0.6 is 0 Å². The van der Waals surface area contributed by atoms with E-state index in [1.807, 2.05) is 0 Å². The smallest absolute Gasteiger partial charge is 0.333 e. The van der Waals surface area contributed by atoms with Crippen LogP contribution < -0.4 is 0 Å². The average Bonchev–Trinajstić information content (AvgIpc) is 2.96. The lowest BCUT2D eigenvalue weighted by atomic mass is 10.0. The second-order valence-corrected chi connectivity index (χ2v) is 14.1. The number of unbranched alkanes of at least 4 members (excludes halogenated alkanes) is 26. The van der Waals surface area contributed by atoms with Crippen LogP contribution in [0.25, 0.3) is 0 Å². The van der Waals surface area contributed by atoms with E-state index >= 15 is 0 Å². The molecular formula is C40H78O2. The van der Waals surface area contributed by atoms with E-state index in [1.54, 1.807) is 6.92 Å². The quantitative estimate of drug-likeness (QED) is 0.0423. The molecule has 1 unspecified atom stereocenters. The molecule has 0 aliphatic rings. The van der Waals surface area contributed by atoms with Crippen molar-refractivity contribution in [2.24, 2.45) is 5.92 Å². The molecule has 0 heterocycles. The number of carbonyl (C=O) groups is 1. The molecule has 0 fully saturated rings. The van der Waals surface area contributed by atoms with Gasteiger partial charge in [0.25, 0.3) is 0 Å². The molecule has 0 spiro atoms. The van der Waals surface area contributed by atoms with Crippen molar-refractivity contribution in [3.63, 3.8) is 0 Å². The molecule has 0 aliphatic carbocycles. The number of hydrogen-bond donors (Lipinski definition) is 0. The van der Waals surface area contributed by atoms with Crippen molar-refractivity contribution >= 4 is 5.97 Å². The van der Waals surface area contributed by atoms with Gasteiger partial charge in [0.05, 0.1) is 0 Å². The highest BCUT2D eigenvalue weighted by atomic mass is 16.5. The van der Waals surface area contributed by atoms with Crippen LogP contribution in [0.1, 0.15) is 227 Å². The van der Waals surface area contributed by atoms with Gasteiger partial charge in [0, 0.05) is 5.57 Å². The Labute approximate surface area is 266 Å². The summed E-state index contributed by atoms with van der Waals surface area (Å²) in [7, 11) is 0. The zero-order valence-electron chi connectivity index (χ0n) is 29.6. The molecule has 0 radical (unpaired) electrons. The van der Waals surface area contributed by atoms with Crippen molar-refractivity contribution in [3.05, 3.63) is 12.2 Å². The third-order valence-corrected chi connectivity index (χ3v) is 9.06.